The monoisotopic (exact) mass is 235 g/mol. The maximum atomic E-state index is 11.8. The van der Waals surface area contributed by atoms with E-state index in [9.17, 15) is 9.59 Å². The summed E-state index contributed by atoms with van der Waals surface area (Å²) in [5.41, 5.74) is 1.66. The minimum Gasteiger partial charge on any atom is -0.341 e. The average molecular weight is 235 g/mol. The van der Waals surface area contributed by atoms with Crippen molar-refractivity contribution in [2.24, 2.45) is 0 Å². The number of nitrogens with one attached hydrogen (secondary N) is 1. The van der Waals surface area contributed by atoms with Crippen molar-refractivity contribution in [2.45, 2.75) is 19.4 Å². The van der Waals surface area contributed by atoms with Crippen LogP contribution >= 0.6 is 11.8 Å². The Bertz CT molecular complexity index is 431. The molecule has 1 saturated heterocycles. The molecule has 1 heterocycles. The topological polar surface area (TPSA) is 46.2 Å². The van der Waals surface area contributed by atoms with Crippen molar-refractivity contribution in [3.05, 3.63) is 35.4 Å². The van der Waals surface area contributed by atoms with Crippen LogP contribution in [0.25, 0.3) is 0 Å². The van der Waals surface area contributed by atoms with Crippen molar-refractivity contribution in [3.63, 3.8) is 0 Å². The maximum Gasteiger partial charge on any atom is 0.251 e. The van der Waals surface area contributed by atoms with Crippen LogP contribution in [-0.2, 0) is 4.79 Å². The molecule has 16 heavy (non-hydrogen) atoms. The van der Waals surface area contributed by atoms with E-state index in [4.69, 9.17) is 0 Å². The Balaban J connectivity index is 2.05. The zero-order valence-electron chi connectivity index (χ0n) is 9.03. The molecule has 1 N–H and O–H groups in total. The molecular formula is C12H13NO2S. The summed E-state index contributed by atoms with van der Waals surface area (Å²) >= 11 is 1.29. The smallest absolute Gasteiger partial charge is 0.251 e. The second-order valence-corrected chi connectivity index (χ2v) is 4.95. The Morgan fingerprint density at radius 1 is 1.50 bits per heavy atom. The Kier molecular flexibility index (Phi) is 3.29. The zero-order valence-corrected chi connectivity index (χ0v) is 9.84. The largest absolute Gasteiger partial charge is 0.341 e. The average Bonchev–Trinajstić information content (AvgIpc) is 2.64. The van der Waals surface area contributed by atoms with Crippen LogP contribution in [0, 0.1) is 6.92 Å². The van der Waals surface area contributed by atoms with Gasteiger partial charge in [0.1, 0.15) is 0 Å². The fourth-order valence-electron chi connectivity index (χ4n) is 1.65. The molecule has 0 aromatic heterocycles. The molecule has 1 fully saturated rings. The highest BCUT2D eigenvalue weighted by Crippen LogP contribution is 2.19. The molecule has 4 heteroatoms. The van der Waals surface area contributed by atoms with Crippen molar-refractivity contribution >= 4 is 22.8 Å². The van der Waals surface area contributed by atoms with Crippen LogP contribution in [0.4, 0.5) is 0 Å². The van der Waals surface area contributed by atoms with Gasteiger partial charge < -0.3 is 5.32 Å². The Morgan fingerprint density at radius 2 is 2.31 bits per heavy atom. The van der Waals surface area contributed by atoms with Gasteiger partial charge in [0.2, 0.25) is 5.12 Å². The van der Waals surface area contributed by atoms with E-state index in [1.807, 2.05) is 25.1 Å². The lowest BCUT2D eigenvalue weighted by molar-refractivity contribution is -0.112. The molecule has 1 unspecified atom stereocenters. The van der Waals surface area contributed by atoms with Crippen molar-refractivity contribution in [2.75, 3.05) is 5.75 Å². The normalized spacial score (nSPS) is 19.8. The molecule has 1 atom stereocenters. The van der Waals surface area contributed by atoms with Gasteiger partial charge >= 0.3 is 0 Å². The van der Waals surface area contributed by atoms with E-state index >= 15 is 0 Å². The lowest BCUT2D eigenvalue weighted by atomic mass is 10.1. The molecule has 0 saturated carbocycles. The van der Waals surface area contributed by atoms with E-state index < -0.39 is 0 Å². The third-order valence-electron chi connectivity index (χ3n) is 2.52. The van der Waals surface area contributed by atoms with Crippen LogP contribution in [-0.4, -0.2) is 22.8 Å². The second-order valence-electron chi connectivity index (χ2n) is 3.85. The van der Waals surface area contributed by atoms with Gasteiger partial charge in [-0.15, -0.1) is 0 Å². The molecule has 1 aromatic carbocycles. The molecule has 3 nitrogen and oxygen atoms in total. The minimum atomic E-state index is -0.307. The van der Waals surface area contributed by atoms with Crippen LogP contribution < -0.4 is 5.32 Å². The number of hydrogen-bond acceptors (Lipinski definition) is 3. The van der Waals surface area contributed by atoms with E-state index in [2.05, 4.69) is 5.32 Å². The van der Waals surface area contributed by atoms with Crippen molar-refractivity contribution in [1.82, 2.24) is 5.32 Å². The number of amides is 1. The van der Waals surface area contributed by atoms with Crippen molar-refractivity contribution < 1.29 is 9.59 Å². The summed E-state index contributed by atoms with van der Waals surface area (Å²) in [6.07, 6.45) is 0.737. The van der Waals surface area contributed by atoms with Gasteiger partial charge in [0, 0.05) is 11.3 Å². The minimum absolute atomic E-state index is 0.0704. The molecule has 1 aliphatic heterocycles. The summed E-state index contributed by atoms with van der Waals surface area (Å²) in [4.78, 5) is 23.2. The molecule has 84 valence electrons. The van der Waals surface area contributed by atoms with Gasteiger partial charge in [-0.2, -0.15) is 0 Å². The summed E-state index contributed by atoms with van der Waals surface area (Å²) in [6, 6.07) is 7.05. The maximum absolute atomic E-state index is 11.8. The first-order chi connectivity index (χ1) is 7.66. The molecule has 1 aromatic rings. The predicted octanol–water partition coefficient (Wildman–Crippen LogP) is 1.76. The lowest BCUT2D eigenvalue weighted by Gasteiger charge is -2.10. The van der Waals surface area contributed by atoms with E-state index in [0.29, 0.717) is 5.56 Å². The highest BCUT2D eigenvalue weighted by Gasteiger charge is 2.26. The van der Waals surface area contributed by atoms with Crippen LogP contribution in [0.5, 0.6) is 0 Å². The molecule has 0 bridgehead atoms. The van der Waals surface area contributed by atoms with Gasteiger partial charge in [-0.3, -0.25) is 9.59 Å². The lowest BCUT2D eigenvalue weighted by Crippen LogP contribution is -2.37. The summed E-state index contributed by atoms with van der Waals surface area (Å²) < 4.78 is 0. The van der Waals surface area contributed by atoms with E-state index in [-0.39, 0.29) is 17.1 Å². The zero-order chi connectivity index (χ0) is 11.5. The molecule has 0 radical (unpaired) electrons. The third-order valence-corrected chi connectivity index (χ3v) is 3.53. The molecule has 1 amide bonds. The highest BCUT2D eigenvalue weighted by atomic mass is 32.2. The summed E-state index contributed by atoms with van der Waals surface area (Å²) in [5.74, 6) is 0.641. The second kappa shape index (κ2) is 4.70. The van der Waals surface area contributed by atoms with Crippen LogP contribution in [0.2, 0.25) is 0 Å². The molecule has 0 spiro atoms. The van der Waals surface area contributed by atoms with Gasteiger partial charge in [-0.25, -0.2) is 0 Å². The number of thioether (sulfide) groups is 1. The van der Waals surface area contributed by atoms with Crippen LogP contribution in [0.3, 0.4) is 0 Å². The standard InChI is InChI=1S/C12H13NO2S/c1-8-3-2-4-9(7-8)11(14)13-10-5-6-16-12(10)15/h2-4,7,10H,5-6H2,1H3,(H,13,14). The summed E-state index contributed by atoms with van der Waals surface area (Å²) in [7, 11) is 0. The van der Waals surface area contributed by atoms with E-state index in [1.54, 1.807) is 6.07 Å². The fourth-order valence-corrected chi connectivity index (χ4v) is 2.59. The summed E-state index contributed by atoms with van der Waals surface area (Å²) in [5, 5.41) is 2.83. The van der Waals surface area contributed by atoms with E-state index in [1.165, 1.54) is 11.8 Å². The van der Waals surface area contributed by atoms with Gasteiger partial charge in [0.25, 0.3) is 5.91 Å². The number of carbonyl (C=O) groups excluding carboxylic acids is 2. The Hall–Kier alpha value is -1.29. The number of aryl methyl sites for hydroxylation is 1. The van der Waals surface area contributed by atoms with Crippen LogP contribution in [0.1, 0.15) is 22.3 Å². The molecule has 2 rings (SSSR count). The molecule has 0 aliphatic carbocycles. The third kappa shape index (κ3) is 2.44. The highest BCUT2D eigenvalue weighted by molar-refractivity contribution is 8.14. The molecule has 1 aliphatic rings. The van der Waals surface area contributed by atoms with Gasteiger partial charge in [-0.1, -0.05) is 29.5 Å². The fraction of sp³-hybridized carbons (Fsp3) is 0.333. The Morgan fingerprint density at radius 3 is 2.94 bits per heavy atom. The Labute approximate surface area is 98.6 Å². The summed E-state index contributed by atoms with van der Waals surface area (Å²) in [6.45, 7) is 1.94. The first-order valence-corrected chi connectivity index (χ1v) is 6.19. The van der Waals surface area contributed by atoms with Gasteiger partial charge in [0.15, 0.2) is 0 Å². The van der Waals surface area contributed by atoms with Crippen molar-refractivity contribution in [3.8, 4) is 0 Å². The predicted molar refractivity (Wildman–Crippen MR) is 64.5 cm³/mol. The SMILES string of the molecule is Cc1cccc(C(=O)NC2CCSC2=O)c1. The van der Waals surface area contributed by atoms with Crippen molar-refractivity contribution in [1.29, 1.82) is 0 Å². The number of rotatable bonds is 2. The first-order valence-electron chi connectivity index (χ1n) is 5.21. The van der Waals surface area contributed by atoms with E-state index in [0.717, 1.165) is 17.7 Å². The quantitative estimate of drug-likeness (QED) is 0.849. The van der Waals surface area contributed by atoms with Gasteiger partial charge in [0.05, 0.1) is 6.04 Å². The molecular weight excluding hydrogens is 222 g/mol. The van der Waals surface area contributed by atoms with Gasteiger partial charge in [-0.05, 0) is 25.5 Å². The number of hydrogen-bond donors (Lipinski definition) is 1. The number of carbonyl (C=O) groups is 2. The number of benzene rings is 1. The van der Waals surface area contributed by atoms with Crippen LogP contribution in [0.15, 0.2) is 24.3 Å². The first kappa shape index (κ1) is 11.2.